The van der Waals surface area contributed by atoms with E-state index in [1.165, 1.54) is 0 Å². The number of aliphatic hydroxyl groups excluding tert-OH is 1. The van der Waals surface area contributed by atoms with Crippen LogP contribution < -0.4 is 10.2 Å². The number of carbonyl (C=O) groups excluding carboxylic acids is 4. The molecule has 2 saturated heterocycles. The zero-order valence-electron chi connectivity index (χ0n) is 25.3. The van der Waals surface area contributed by atoms with Crippen molar-refractivity contribution in [3.63, 3.8) is 0 Å². The van der Waals surface area contributed by atoms with Gasteiger partial charge < -0.3 is 29.7 Å². The molecule has 4 aliphatic rings. The number of aliphatic hydroxyl groups is 1. The van der Waals surface area contributed by atoms with E-state index < -0.39 is 41.7 Å². The second-order valence-electron chi connectivity index (χ2n) is 12.2. The highest BCUT2D eigenvalue weighted by Crippen LogP contribution is 2.56. The van der Waals surface area contributed by atoms with Crippen LogP contribution in [0.5, 0.6) is 0 Å². The second kappa shape index (κ2) is 13.0. The van der Waals surface area contributed by atoms with Crippen molar-refractivity contribution in [2.24, 2.45) is 11.8 Å². The molecule has 6 atom stereocenters. The average molecular weight is 594 g/mol. The van der Waals surface area contributed by atoms with E-state index in [1.54, 1.807) is 22.8 Å². The summed E-state index contributed by atoms with van der Waals surface area (Å²) in [4.78, 5) is 58.4. The first kappa shape index (κ1) is 30.9. The summed E-state index contributed by atoms with van der Waals surface area (Å²) in [5.41, 5.74) is 1.35. The van der Waals surface area contributed by atoms with Gasteiger partial charge in [0.1, 0.15) is 23.7 Å². The molecule has 0 radical (unpaired) electrons. The summed E-state index contributed by atoms with van der Waals surface area (Å²) in [7, 11) is 0. The van der Waals surface area contributed by atoms with Crippen LogP contribution in [-0.2, 0) is 28.7 Å². The molecule has 0 saturated carbocycles. The minimum atomic E-state index is -1.29. The number of aryl methyl sites for hydroxylation is 2. The molecule has 1 spiro atoms. The number of anilines is 1. The van der Waals surface area contributed by atoms with Crippen LogP contribution in [0.1, 0.15) is 56.6 Å². The van der Waals surface area contributed by atoms with Crippen LogP contribution in [0, 0.1) is 25.7 Å². The topological polar surface area (TPSA) is 125 Å². The van der Waals surface area contributed by atoms with Gasteiger partial charge in [-0.2, -0.15) is 0 Å². The van der Waals surface area contributed by atoms with E-state index in [9.17, 15) is 24.3 Å². The van der Waals surface area contributed by atoms with Crippen molar-refractivity contribution >= 4 is 29.4 Å². The van der Waals surface area contributed by atoms with E-state index in [0.717, 1.165) is 29.7 Å². The minimum Gasteiger partial charge on any atom is -0.460 e. The molecule has 4 aliphatic heterocycles. The predicted molar refractivity (Wildman–Crippen MR) is 160 cm³/mol. The van der Waals surface area contributed by atoms with Gasteiger partial charge in [0.15, 0.2) is 0 Å². The number of unbranched alkanes of at least 4 members (excludes halogenated alkanes) is 3. The minimum absolute atomic E-state index is 0.110. The van der Waals surface area contributed by atoms with Gasteiger partial charge in [-0.05, 0) is 57.2 Å². The van der Waals surface area contributed by atoms with Crippen LogP contribution in [0.4, 0.5) is 5.69 Å². The van der Waals surface area contributed by atoms with Crippen LogP contribution in [0.3, 0.4) is 0 Å². The Morgan fingerprint density at radius 2 is 1.84 bits per heavy atom. The van der Waals surface area contributed by atoms with Crippen molar-refractivity contribution in [1.29, 1.82) is 0 Å². The third-order valence-electron chi connectivity index (χ3n) is 9.01. The Kier molecular flexibility index (Phi) is 9.36. The first-order valence-electron chi connectivity index (χ1n) is 15.5. The summed E-state index contributed by atoms with van der Waals surface area (Å²) in [6.07, 6.45) is 9.77. The highest BCUT2D eigenvalue weighted by Gasteiger charge is 2.73. The summed E-state index contributed by atoms with van der Waals surface area (Å²) < 4.78 is 12.2. The van der Waals surface area contributed by atoms with Crippen molar-refractivity contribution in [2.75, 3.05) is 31.1 Å². The number of likely N-dealkylation sites (tertiary alicyclic amines) is 1. The standard InChI is InChI=1S/C33H43N3O7/c1-21-12-13-22(2)24(19-21)35-16-9-6-7-11-26(38)34-20-23(3)42-32(41)27-25-14-15-33(43-25)28(27)30(39)36(29(33)31(35)40)17-8-4-5-10-18-37/h6,9,12-15,19,23,25,27-29,37H,4-5,7-8,10-11,16-18,20H2,1-3H3,(H,34,38)/b9-6-/t23-,25+,27-,28-,29+,33-/m0/s1. The second-order valence-corrected chi connectivity index (χ2v) is 12.2. The highest BCUT2D eigenvalue weighted by atomic mass is 16.6. The fourth-order valence-electron chi connectivity index (χ4n) is 6.85. The van der Waals surface area contributed by atoms with E-state index >= 15 is 0 Å². The van der Waals surface area contributed by atoms with E-state index in [1.807, 2.05) is 50.3 Å². The van der Waals surface area contributed by atoms with E-state index in [4.69, 9.17) is 9.47 Å². The molecule has 43 heavy (non-hydrogen) atoms. The number of esters is 1. The summed E-state index contributed by atoms with van der Waals surface area (Å²) in [6.45, 7) is 6.47. The van der Waals surface area contributed by atoms with Crippen molar-refractivity contribution in [3.05, 3.63) is 53.6 Å². The molecule has 232 valence electrons. The number of ether oxygens (including phenoxy) is 2. The first-order chi connectivity index (χ1) is 20.7. The third kappa shape index (κ3) is 5.99. The molecule has 0 aromatic heterocycles. The Morgan fingerprint density at radius 3 is 2.63 bits per heavy atom. The Hall–Kier alpha value is -3.50. The van der Waals surface area contributed by atoms with Crippen LogP contribution in [0.2, 0.25) is 0 Å². The van der Waals surface area contributed by atoms with Crippen molar-refractivity contribution in [1.82, 2.24) is 10.2 Å². The lowest BCUT2D eigenvalue weighted by Crippen LogP contribution is -2.56. The zero-order chi connectivity index (χ0) is 30.7. The molecular formula is C33H43N3O7. The summed E-state index contributed by atoms with van der Waals surface area (Å²) in [5.74, 6) is -3.07. The fraction of sp³-hybridized carbons (Fsp3) is 0.576. The maximum absolute atomic E-state index is 14.8. The van der Waals surface area contributed by atoms with Gasteiger partial charge in [-0.25, -0.2) is 0 Å². The van der Waals surface area contributed by atoms with Gasteiger partial charge in [0.2, 0.25) is 11.8 Å². The number of allylic oxidation sites excluding steroid dienone is 1. The molecule has 0 unspecified atom stereocenters. The lowest BCUT2D eigenvalue weighted by molar-refractivity contribution is -0.158. The van der Waals surface area contributed by atoms with Gasteiger partial charge in [0, 0.05) is 31.8 Å². The Morgan fingerprint density at radius 1 is 1.05 bits per heavy atom. The largest absolute Gasteiger partial charge is 0.460 e. The lowest BCUT2D eigenvalue weighted by atomic mass is 9.74. The van der Waals surface area contributed by atoms with Crippen molar-refractivity contribution in [2.45, 2.75) is 83.1 Å². The molecule has 10 heteroatoms. The molecular weight excluding hydrogens is 550 g/mol. The summed E-state index contributed by atoms with van der Waals surface area (Å²) in [5, 5.41) is 12.0. The molecule has 1 aromatic rings. The molecule has 5 rings (SSSR count). The zero-order valence-corrected chi connectivity index (χ0v) is 25.3. The van der Waals surface area contributed by atoms with E-state index in [0.29, 0.717) is 25.8 Å². The van der Waals surface area contributed by atoms with Crippen LogP contribution in [-0.4, -0.2) is 83.8 Å². The third-order valence-corrected chi connectivity index (χ3v) is 9.01. The molecule has 4 heterocycles. The highest BCUT2D eigenvalue weighted by molar-refractivity contribution is 6.05. The average Bonchev–Trinajstić information content (AvgIpc) is 3.62. The number of nitrogens with zero attached hydrogens (tertiary/aromatic N) is 2. The van der Waals surface area contributed by atoms with Crippen molar-refractivity contribution < 1.29 is 33.8 Å². The van der Waals surface area contributed by atoms with E-state index in [-0.39, 0.29) is 43.8 Å². The lowest BCUT2D eigenvalue weighted by Gasteiger charge is -2.36. The Bertz CT molecular complexity index is 1310. The number of hydrogen-bond acceptors (Lipinski definition) is 7. The SMILES string of the molecule is Cc1ccc(C)c(N2C/C=C\CCC(=O)NC[C@H](C)OC(=O)[C@@H]3[C@H]4C(=O)N(CCCCCCO)[C@H](C2=O)[C@]42C=C[C@H]3O2)c1. The van der Waals surface area contributed by atoms with Gasteiger partial charge in [-0.15, -0.1) is 0 Å². The Balaban J connectivity index is 1.57. The van der Waals surface area contributed by atoms with Gasteiger partial charge in [0.25, 0.3) is 5.91 Å². The molecule has 3 amide bonds. The summed E-state index contributed by atoms with van der Waals surface area (Å²) in [6, 6.07) is 4.96. The van der Waals surface area contributed by atoms with Crippen LogP contribution in [0.15, 0.2) is 42.5 Å². The monoisotopic (exact) mass is 593 g/mol. The normalized spacial score (nSPS) is 31.8. The van der Waals surface area contributed by atoms with Gasteiger partial charge in [0.05, 0.1) is 18.6 Å². The maximum atomic E-state index is 14.8. The number of carbonyl (C=O) groups is 4. The van der Waals surface area contributed by atoms with Gasteiger partial charge in [-0.3, -0.25) is 19.2 Å². The number of cyclic esters (lactones) is 1. The molecule has 2 fully saturated rings. The first-order valence-corrected chi connectivity index (χ1v) is 15.5. The van der Waals surface area contributed by atoms with Crippen LogP contribution >= 0.6 is 0 Å². The number of nitrogens with one attached hydrogen (secondary N) is 1. The predicted octanol–water partition coefficient (Wildman–Crippen LogP) is 2.74. The van der Waals surface area contributed by atoms with Gasteiger partial charge in [-0.1, -0.05) is 49.3 Å². The smallest absolute Gasteiger partial charge is 0.313 e. The van der Waals surface area contributed by atoms with Crippen molar-refractivity contribution in [3.8, 4) is 0 Å². The maximum Gasteiger partial charge on any atom is 0.313 e. The molecule has 2 N–H and O–H groups in total. The van der Waals surface area contributed by atoms with Gasteiger partial charge >= 0.3 is 5.97 Å². The number of hydrogen-bond donors (Lipinski definition) is 2. The Labute approximate surface area is 253 Å². The quantitative estimate of drug-likeness (QED) is 0.283. The number of amides is 3. The molecule has 10 nitrogen and oxygen atoms in total. The number of fused-ring (bicyclic) bond motifs is 2. The molecule has 5 bridgehead atoms. The van der Waals surface area contributed by atoms with E-state index in [2.05, 4.69) is 5.32 Å². The number of rotatable bonds is 7. The fourth-order valence-corrected chi connectivity index (χ4v) is 6.85. The van der Waals surface area contributed by atoms with Crippen LogP contribution in [0.25, 0.3) is 0 Å². The summed E-state index contributed by atoms with van der Waals surface area (Å²) >= 11 is 0. The molecule has 1 aromatic carbocycles. The number of benzene rings is 1. The molecule has 0 aliphatic carbocycles.